The fourth-order valence-electron chi connectivity index (χ4n) is 3.60. The molecule has 1 aliphatic rings. The molecule has 3 aromatic rings. The number of fused-ring (bicyclic) bond motifs is 1. The highest BCUT2D eigenvalue weighted by molar-refractivity contribution is 6.30. The summed E-state index contributed by atoms with van der Waals surface area (Å²) < 4.78 is 10.9. The highest BCUT2D eigenvalue weighted by Gasteiger charge is 2.15. The molecule has 7 heteroatoms. The van der Waals surface area contributed by atoms with E-state index in [-0.39, 0.29) is 0 Å². The number of H-pyrrole nitrogens is 1. The zero-order valence-corrected chi connectivity index (χ0v) is 16.5. The Morgan fingerprint density at radius 3 is 2.79 bits per heavy atom. The van der Waals surface area contributed by atoms with Crippen LogP contribution in [0.2, 0.25) is 5.02 Å². The van der Waals surface area contributed by atoms with E-state index in [1.54, 1.807) is 12.1 Å². The first kappa shape index (κ1) is 18.9. The Bertz CT molecular complexity index is 967. The fourth-order valence-corrected chi connectivity index (χ4v) is 3.72. The zero-order chi connectivity index (χ0) is 19.3. The predicted molar refractivity (Wildman–Crippen MR) is 112 cm³/mol. The van der Waals surface area contributed by atoms with E-state index in [1.165, 1.54) is 5.69 Å². The van der Waals surface area contributed by atoms with E-state index >= 15 is 0 Å². The van der Waals surface area contributed by atoms with Gasteiger partial charge in [0.15, 0.2) is 5.58 Å². The molecule has 148 valence electrons. The molecule has 2 aromatic carbocycles. The Morgan fingerprint density at radius 1 is 1.07 bits per heavy atom. The van der Waals surface area contributed by atoms with Crippen LogP contribution in [-0.2, 0) is 0 Å². The minimum Gasteiger partial charge on any atom is -0.493 e. The number of aromatic nitrogens is 1. The largest absolute Gasteiger partial charge is 0.493 e. The molecule has 28 heavy (non-hydrogen) atoms. The minimum absolute atomic E-state index is 0.444. The molecule has 0 bridgehead atoms. The Kier molecular flexibility index (Phi) is 5.88. The van der Waals surface area contributed by atoms with Crippen LogP contribution in [0.1, 0.15) is 12.8 Å². The number of hydrogen-bond acceptors (Lipinski definition) is 5. The van der Waals surface area contributed by atoms with Gasteiger partial charge in [-0.3, -0.25) is 4.98 Å². The van der Waals surface area contributed by atoms with Gasteiger partial charge in [0.05, 0.1) is 12.1 Å². The van der Waals surface area contributed by atoms with Crippen LogP contribution in [0.15, 0.2) is 51.7 Å². The molecule has 1 saturated heterocycles. The predicted octanol–water partition coefficient (Wildman–Crippen LogP) is 3.76. The van der Waals surface area contributed by atoms with Gasteiger partial charge in [0, 0.05) is 43.0 Å². The second kappa shape index (κ2) is 8.71. The van der Waals surface area contributed by atoms with Crippen LogP contribution in [-0.4, -0.2) is 49.2 Å². The SMILES string of the molecule is O=c1[nH]c2ccc(OCCCN3CCCN(c4ccc(Cl)cc4)CC3)cc2o1. The summed E-state index contributed by atoms with van der Waals surface area (Å²) in [7, 11) is 0. The van der Waals surface area contributed by atoms with Gasteiger partial charge in [-0.2, -0.15) is 0 Å². The van der Waals surface area contributed by atoms with Crippen LogP contribution in [0.25, 0.3) is 11.1 Å². The van der Waals surface area contributed by atoms with Gasteiger partial charge in [-0.05, 0) is 55.8 Å². The standard InChI is InChI=1S/C21H24ClN3O3/c22-16-3-5-17(6-4-16)25-11-1-9-24(12-13-25)10-2-14-27-18-7-8-19-20(15-18)28-21(26)23-19/h3-8,15H,1-2,9-14H2,(H,23,26). The second-order valence-corrected chi connectivity index (χ2v) is 7.47. The molecule has 1 aromatic heterocycles. The molecule has 0 amide bonds. The number of nitrogens with zero attached hydrogens (tertiary/aromatic N) is 2. The van der Waals surface area contributed by atoms with Gasteiger partial charge in [0.2, 0.25) is 0 Å². The molecule has 4 rings (SSSR count). The lowest BCUT2D eigenvalue weighted by Crippen LogP contribution is -2.31. The first-order valence-electron chi connectivity index (χ1n) is 9.66. The van der Waals surface area contributed by atoms with Crippen LogP contribution in [0, 0.1) is 0 Å². The Hall–Kier alpha value is -2.44. The van der Waals surface area contributed by atoms with Crippen LogP contribution >= 0.6 is 11.6 Å². The van der Waals surface area contributed by atoms with E-state index in [1.807, 2.05) is 18.2 Å². The minimum atomic E-state index is -0.444. The molecule has 0 radical (unpaired) electrons. The van der Waals surface area contributed by atoms with Crippen molar-refractivity contribution in [2.75, 3.05) is 44.2 Å². The highest BCUT2D eigenvalue weighted by Crippen LogP contribution is 2.20. The summed E-state index contributed by atoms with van der Waals surface area (Å²) in [4.78, 5) is 18.8. The number of benzene rings is 2. The number of anilines is 1. The molecular formula is C21H24ClN3O3. The first-order valence-corrected chi connectivity index (χ1v) is 10.0. The smallest absolute Gasteiger partial charge is 0.417 e. The normalized spacial score (nSPS) is 15.7. The molecular weight excluding hydrogens is 378 g/mol. The fraction of sp³-hybridized carbons (Fsp3) is 0.381. The van der Waals surface area contributed by atoms with Crippen LogP contribution < -0.4 is 15.4 Å². The Balaban J connectivity index is 1.22. The van der Waals surface area contributed by atoms with Crippen LogP contribution in [0.3, 0.4) is 0 Å². The Labute approximate surface area is 168 Å². The highest BCUT2D eigenvalue weighted by atomic mass is 35.5. The van der Waals surface area contributed by atoms with Gasteiger partial charge >= 0.3 is 5.76 Å². The van der Waals surface area contributed by atoms with E-state index in [9.17, 15) is 4.79 Å². The number of ether oxygens (including phenoxy) is 1. The van der Waals surface area contributed by atoms with Crippen LogP contribution in [0.5, 0.6) is 5.75 Å². The lowest BCUT2D eigenvalue weighted by atomic mass is 10.2. The molecule has 0 aliphatic carbocycles. The maximum atomic E-state index is 11.2. The molecule has 0 saturated carbocycles. The van der Waals surface area contributed by atoms with Crippen molar-refractivity contribution in [2.24, 2.45) is 0 Å². The van der Waals surface area contributed by atoms with E-state index in [2.05, 4.69) is 26.9 Å². The van der Waals surface area contributed by atoms with Gasteiger partial charge in [-0.15, -0.1) is 0 Å². The maximum absolute atomic E-state index is 11.2. The third-order valence-corrected chi connectivity index (χ3v) is 5.31. The van der Waals surface area contributed by atoms with Crippen molar-refractivity contribution in [3.8, 4) is 5.75 Å². The molecule has 1 fully saturated rings. The van der Waals surface area contributed by atoms with Crippen molar-refractivity contribution in [1.82, 2.24) is 9.88 Å². The lowest BCUT2D eigenvalue weighted by molar-refractivity contribution is 0.244. The average molecular weight is 402 g/mol. The maximum Gasteiger partial charge on any atom is 0.417 e. The third kappa shape index (κ3) is 4.69. The summed E-state index contributed by atoms with van der Waals surface area (Å²) in [6.07, 6.45) is 2.10. The number of nitrogens with one attached hydrogen (secondary N) is 1. The van der Waals surface area contributed by atoms with Crippen molar-refractivity contribution >= 4 is 28.4 Å². The number of halogens is 1. The zero-order valence-electron chi connectivity index (χ0n) is 15.7. The van der Waals surface area contributed by atoms with Crippen molar-refractivity contribution in [3.63, 3.8) is 0 Å². The molecule has 0 unspecified atom stereocenters. The van der Waals surface area contributed by atoms with Gasteiger partial charge < -0.3 is 19.0 Å². The second-order valence-electron chi connectivity index (χ2n) is 7.03. The summed E-state index contributed by atoms with van der Waals surface area (Å²) in [5.74, 6) is 0.279. The molecule has 1 N–H and O–H groups in total. The first-order chi connectivity index (χ1) is 13.7. The summed E-state index contributed by atoms with van der Waals surface area (Å²) in [5, 5.41) is 0.776. The quantitative estimate of drug-likeness (QED) is 0.637. The van der Waals surface area contributed by atoms with Crippen molar-refractivity contribution in [2.45, 2.75) is 12.8 Å². The van der Waals surface area contributed by atoms with E-state index in [0.717, 1.165) is 56.3 Å². The number of oxazole rings is 1. The molecule has 2 heterocycles. The van der Waals surface area contributed by atoms with E-state index in [4.69, 9.17) is 20.8 Å². The van der Waals surface area contributed by atoms with E-state index < -0.39 is 5.76 Å². The van der Waals surface area contributed by atoms with Gasteiger partial charge in [-0.25, -0.2) is 4.79 Å². The summed E-state index contributed by atoms with van der Waals surface area (Å²) >= 11 is 5.99. The summed E-state index contributed by atoms with van der Waals surface area (Å²) in [6, 6.07) is 13.5. The Morgan fingerprint density at radius 2 is 1.93 bits per heavy atom. The number of aromatic amines is 1. The van der Waals surface area contributed by atoms with Gasteiger partial charge in [-0.1, -0.05) is 11.6 Å². The summed E-state index contributed by atoms with van der Waals surface area (Å²) in [6.45, 7) is 5.88. The van der Waals surface area contributed by atoms with Crippen molar-refractivity contribution in [3.05, 3.63) is 58.0 Å². The topological polar surface area (TPSA) is 61.7 Å². The van der Waals surface area contributed by atoms with Crippen molar-refractivity contribution < 1.29 is 9.15 Å². The monoisotopic (exact) mass is 401 g/mol. The average Bonchev–Trinajstić information content (AvgIpc) is 2.91. The number of hydrogen-bond donors (Lipinski definition) is 1. The molecule has 0 spiro atoms. The molecule has 1 aliphatic heterocycles. The molecule has 6 nitrogen and oxygen atoms in total. The molecule has 0 atom stereocenters. The summed E-state index contributed by atoms with van der Waals surface area (Å²) in [5.41, 5.74) is 2.45. The third-order valence-electron chi connectivity index (χ3n) is 5.06. The van der Waals surface area contributed by atoms with Crippen LogP contribution in [0.4, 0.5) is 5.69 Å². The van der Waals surface area contributed by atoms with Crippen molar-refractivity contribution in [1.29, 1.82) is 0 Å². The van der Waals surface area contributed by atoms with Gasteiger partial charge in [0.1, 0.15) is 5.75 Å². The number of rotatable bonds is 6. The van der Waals surface area contributed by atoms with Gasteiger partial charge in [0.25, 0.3) is 0 Å². The van der Waals surface area contributed by atoms with E-state index in [0.29, 0.717) is 17.7 Å². The lowest BCUT2D eigenvalue weighted by Gasteiger charge is -2.23.